The summed E-state index contributed by atoms with van der Waals surface area (Å²) in [5, 5.41) is 6.16. The lowest BCUT2D eigenvalue weighted by Gasteiger charge is -2.20. The average molecular weight is 561 g/mol. The Morgan fingerprint density at radius 1 is 0.976 bits per heavy atom. The fraction of sp³-hybridized carbons (Fsp3) is 0.257. The minimum atomic E-state index is -0.515. The number of carbonyl (C=O) groups is 1. The Morgan fingerprint density at radius 3 is 2.55 bits per heavy atom. The first-order chi connectivity index (χ1) is 20.6. The van der Waals surface area contributed by atoms with Crippen LogP contribution in [0.15, 0.2) is 91.3 Å². The molecule has 1 unspecified atom stereocenters. The highest BCUT2D eigenvalue weighted by Gasteiger charge is 2.29. The summed E-state index contributed by atoms with van der Waals surface area (Å²) in [6.45, 7) is 9.41. The van der Waals surface area contributed by atoms with Gasteiger partial charge in [-0.05, 0) is 86.6 Å². The van der Waals surface area contributed by atoms with Crippen molar-refractivity contribution in [3.05, 3.63) is 103 Å². The van der Waals surface area contributed by atoms with Crippen LogP contribution in [-0.4, -0.2) is 46.2 Å². The van der Waals surface area contributed by atoms with Crippen LogP contribution in [0.5, 0.6) is 5.75 Å². The largest absolute Gasteiger partial charge is 0.450 e. The molecule has 42 heavy (non-hydrogen) atoms. The van der Waals surface area contributed by atoms with Crippen LogP contribution in [0.3, 0.4) is 0 Å². The number of para-hydroxylation sites is 1. The second-order valence-corrected chi connectivity index (χ2v) is 10.7. The fourth-order valence-electron chi connectivity index (χ4n) is 5.65. The van der Waals surface area contributed by atoms with Crippen molar-refractivity contribution in [3.8, 4) is 11.4 Å². The third-order valence-corrected chi connectivity index (χ3v) is 7.93. The molecule has 0 saturated heterocycles. The molecule has 1 amide bonds. The van der Waals surface area contributed by atoms with Crippen molar-refractivity contribution in [1.82, 2.24) is 19.8 Å². The Kier molecular flexibility index (Phi) is 7.93. The lowest BCUT2D eigenvalue weighted by molar-refractivity contribution is 0.186. The second kappa shape index (κ2) is 12.1. The van der Waals surface area contributed by atoms with Crippen LogP contribution in [0.1, 0.15) is 44.9 Å². The van der Waals surface area contributed by atoms with E-state index in [0.717, 1.165) is 71.1 Å². The summed E-state index contributed by atoms with van der Waals surface area (Å²) in [5.41, 5.74) is 3.10. The van der Waals surface area contributed by atoms with E-state index in [1.54, 1.807) is 6.20 Å². The quantitative estimate of drug-likeness (QED) is 0.201. The molecule has 1 aliphatic heterocycles. The van der Waals surface area contributed by atoms with Crippen LogP contribution in [0.2, 0.25) is 0 Å². The number of nitrogens with one attached hydrogen (secondary N) is 1. The summed E-state index contributed by atoms with van der Waals surface area (Å²) >= 11 is 0. The number of fused-ring (bicyclic) bond motifs is 5. The van der Waals surface area contributed by atoms with Gasteiger partial charge in [-0.3, -0.25) is 4.98 Å². The molecule has 0 saturated carbocycles. The van der Waals surface area contributed by atoms with Gasteiger partial charge in [-0.15, -0.1) is 0 Å². The van der Waals surface area contributed by atoms with Crippen LogP contribution in [0.25, 0.3) is 38.9 Å². The highest BCUT2D eigenvalue weighted by molar-refractivity contribution is 5.99. The van der Waals surface area contributed by atoms with Gasteiger partial charge in [-0.25, -0.2) is 4.79 Å². The molecule has 7 heteroatoms. The Bertz CT molecular complexity index is 1760. The van der Waals surface area contributed by atoms with Crippen LogP contribution in [0.4, 0.5) is 4.79 Å². The zero-order chi connectivity index (χ0) is 29.1. The molecule has 7 nitrogen and oxygen atoms in total. The molecule has 1 atom stereocenters. The van der Waals surface area contributed by atoms with Crippen molar-refractivity contribution in [2.24, 2.45) is 0 Å². The van der Waals surface area contributed by atoms with Crippen molar-refractivity contribution >= 4 is 39.3 Å². The van der Waals surface area contributed by atoms with Crippen molar-refractivity contribution in [2.45, 2.75) is 39.7 Å². The van der Waals surface area contributed by atoms with E-state index >= 15 is 0 Å². The van der Waals surface area contributed by atoms with Crippen molar-refractivity contribution in [1.29, 1.82) is 0 Å². The second-order valence-electron chi connectivity index (χ2n) is 10.7. The number of aromatic nitrogens is 2. The van der Waals surface area contributed by atoms with E-state index in [0.29, 0.717) is 17.3 Å². The maximum Gasteiger partial charge on any atom is 0.413 e. The van der Waals surface area contributed by atoms with Gasteiger partial charge in [0.1, 0.15) is 0 Å². The number of hydrogen-bond acceptors (Lipinski definition) is 5. The van der Waals surface area contributed by atoms with Gasteiger partial charge in [-0.1, -0.05) is 56.3 Å². The van der Waals surface area contributed by atoms with Gasteiger partial charge < -0.3 is 24.3 Å². The van der Waals surface area contributed by atoms with Gasteiger partial charge in [0.15, 0.2) is 17.3 Å². The van der Waals surface area contributed by atoms with Crippen LogP contribution < -0.4 is 10.1 Å². The normalized spacial score (nSPS) is 13.4. The molecule has 3 aromatic carbocycles. The van der Waals surface area contributed by atoms with Crippen molar-refractivity contribution < 1.29 is 14.3 Å². The van der Waals surface area contributed by atoms with Gasteiger partial charge >= 0.3 is 6.09 Å². The summed E-state index contributed by atoms with van der Waals surface area (Å²) in [6, 6.07) is 26.1. The van der Waals surface area contributed by atoms with Gasteiger partial charge in [0.2, 0.25) is 0 Å². The van der Waals surface area contributed by atoms with Gasteiger partial charge in [0, 0.05) is 29.4 Å². The van der Waals surface area contributed by atoms with Gasteiger partial charge in [-0.2, -0.15) is 0 Å². The first-order valence-corrected chi connectivity index (χ1v) is 14.7. The first-order valence-electron chi connectivity index (χ1n) is 14.7. The Morgan fingerprint density at radius 2 is 1.74 bits per heavy atom. The monoisotopic (exact) mass is 560 g/mol. The zero-order valence-corrected chi connectivity index (χ0v) is 24.3. The Labute approximate surface area is 246 Å². The number of amides is 1. The van der Waals surface area contributed by atoms with E-state index in [1.807, 2.05) is 78.4 Å². The smallest absolute Gasteiger partial charge is 0.413 e. The number of ether oxygens (including phenoxy) is 2. The molecule has 0 radical (unpaired) electrons. The lowest BCUT2D eigenvalue weighted by Crippen LogP contribution is -2.34. The first kappa shape index (κ1) is 27.5. The maximum absolute atomic E-state index is 13.4. The van der Waals surface area contributed by atoms with Crippen LogP contribution >= 0.6 is 0 Å². The van der Waals surface area contributed by atoms with Gasteiger partial charge in [0.05, 0.1) is 16.9 Å². The van der Waals surface area contributed by atoms with Crippen LogP contribution in [-0.2, 0) is 4.74 Å². The molecule has 0 bridgehead atoms. The molecule has 1 N–H and O–H groups in total. The Balaban J connectivity index is 1.40. The summed E-state index contributed by atoms with van der Waals surface area (Å²) in [5.74, 6) is 1.45. The fourth-order valence-corrected chi connectivity index (χ4v) is 5.65. The molecule has 5 aromatic rings. The molecule has 1 aliphatic rings. The lowest BCUT2D eigenvalue weighted by atomic mass is 10.1. The van der Waals surface area contributed by atoms with Crippen molar-refractivity contribution in [3.63, 3.8) is 0 Å². The standard InChI is InChI=1S/C35H36N4O3/c1-4-38(5-2)20-10-12-24(3)37-35(40)42-34-29-18-11-21-39(29)30-22-26-13-6-7-14-27(26)23-31(30)41-33(34)28-17-8-15-25-16-9-19-36-32(25)28/h6-9,11,13-19,21-24H,4-5,10,12,20H2,1-3H3,(H,37,40). The molecular weight excluding hydrogens is 524 g/mol. The summed E-state index contributed by atoms with van der Waals surface area (Å²) in [7, 11) is 0. The minimum absolute atomic E-state index is 0.0442. The third kappa shape index (κ3) is 5.48. The molecule has 0 spiro atoms. The molecular formula is C35H36N4O3. The third-order valence-electron chi connectivity index (χ3n) is 7.93. The topological polar surface area (TPSA) is 68.6 Å². The van der Waals surface area contributed by atoms with Crippen molar-refractivity contribution in [2.75, 3.05) is 19.6 Å². The predicted octanol–water partition coefficient (Wildman–Crippen LogP) is 7.63. The maximum atomic E-state index is 13.4. The van der Waals surface area contributed by atoms with Crippen LogP contribution in [0, 0.1) is 0 Å². The summed E-state index contributed by atoms with van der Waals surface area (Å²) in [6.07, 6.45) is 5.07. The zero-order valence-electron chi connectivity index (χ0n) is 24.3. The molecule has 3 heterocycles. The number of rotatable bonds is 9. The summed E-state index contributed by atoms with van der Waals surface area (Å²) < 4.78 is 14.9. The average Bonchev–Trinajstić information content (AvgIpc) is 3.46. The molecule has 0 fully saturated rings. The number of hydrogen-bond donors (Lipinski definition) is 1. The SMILES string of the molecule is CCN(CC)CCCC(C)NC(=O)OC1=C(c2cccc3cccnc23)Oc2cc3ccccc3cc2-n2cccc21. The molecule has 6 rings (SSSR count). The van der Waals surface area contributed by atoms with E-state index in [2.05, 4.69) is 47.2 Å². The number of alkyl carbamates (subject to hydrolysis) is 1. The molecule has 214 valence electrons. The van der Waals surface area contributed by atoms with E-state index in [1.165, 1.54) is 0 Å². The minimum Gasteiger partial charge on any atom is -0.450 e. The molecule has 0 aliphatic carbocycles. The van der Waals surface area contributed by atoms with E-state index in [9.17, 15) is 4.79 Å². The number of benzene rings is 3. The van der Waals surface area contributed by atoms with E-state index in [4.69, 9.17) is 9.47 Å². The highest BCUT2D eigenvalue weighted by Crippen LogP contribution is 2.41. The van der Waals surface area contributed by atoms with E-state index in [-0.39, 0.29) is 6.04 Å². The molecule has 2 aromatic heterocycles. The highest BCUT2D eigenvalue weighted by atomic mass is 16.6. The number of pyridine rings is 1. The predicted molar refractivity (Wildman–Crippen MR) is 169 cm³/mol. The van der Waals surface area contributed by atoms with E-state index < -0.39 is 6.09 Å². The number of nitrogens with zero attached hydrogens (tertiary/aromatic N) is 3. The van der Waals surface area contributed by atoms with Gasteiger partial charge in [0.25, 0.3) is 0 Å². The Hall–Kier alpha value is -4.62. The summed E-state index contributed by atoms with van der Waals surface area (Å²) in [4.78, 5) is 20.5. The number of carbonyl (C=O) groups excluding carboxylic acids is 1.